The Bertz CT molecular complexity index is 1020. The molecule has 2 aromatic rings. The number of amides is 2. The first kappa shape index (κ1) is 20.1. The number of rotatable bonds is 4. The molecule has 0 atom stereocenters. The van der Waals surface area contributed by atoms with Crippen LogP contribution in [0.15, 0.2) is 48.5 Å². The Hall–Kier alpha value is -2.67. The van der Waals surface area contributed by atoms with E-state index in [4.69, 9.17) is 0 Å². The van der Waals surface area contributed by atoms with Crippen molar-refractivity contribution in [2.45, 2.75) is 33.6 Å². The van der Waals surface area contributed by atoms with E-state index in [0.717, 1.165) is 15.6 Å². The lowest BCUT2D eigenvalue weighted by Gasteiger charge is -2.18. The van der Waals surface area contributed by atoms with Gasteiger partial charge in [0, 0.05) is 11.3 Å². The van der Waals surface area contributed by atoms with Crippen LogP contribution in [0.1, 0.15) is 49.5 Å². The van der Waals surface area contributed by atoms with Gasteiger partial charge in [0.15, 0.2) is 0 Å². The molecule has 6 nitrogen and oxygen atoms in total. The highest BCUT2D eigenvalue weighted by Gasteiger charge is 2.49. The van der Waals surface area contributed by atoms with Crippen molar-refractivity contribution in [2.75, 3.05) is 15.4 Å². The van der Waals surface area contributed by atoms with Crippen molar-refractivity contribution in [3.63, 3.8) is 0 Å². The zero-order valence-electron chi connectivity index (χ0n) is 16.4. The van der Waals surface area contributed by atoms with Crippen LogP contribution in [-0.2, 0) is 14.8 Å². The van der Waals surface area contributed by atoms with E-state index in [1.54, 1.807) is 13.8 Å². The van der Waals surface area contributed by atoms with Gasteiger partial charge in [-0.05, 0) is 55.7 Å². The van der Waals surface area contributed by atoms with E-state index in [2.05, 4.69) is 19.2 Å². The summed E-state index contributed by atoms with van der Waals surface area (Å²) in [5.41, 5.74) is 1.43. The smallest absolute Gasteiger partial charge is 0.255 e. The fourth-order valence-corrected chi connectivity index (χ4v) is 5.43. The van der Waals surface area contributed by atoms with Crippen molar-refractivity contribution in [1.29, 1.82) is 0 Å². The number of sulfonamides is 1. The molecule has 0 unspecified atom stereocenters. The molecule has 2 amide bonds. The van der Waals surface area contributed by atoms with Crippen LogP contribution in [0.4, 0.5) is 11.4 Å². The van der Waals surface area contributed by atoms with Gasteiger partial charge in [-0.15, -0.1) is 0 Å². The van der Waals surface area contributed by atoms with Gasteiger partial charge >= 0.3 is 0 Å². The van der Waals surface area contributed by atoms with Gasteiger partial charge in [0.25, 0.3) is 5.91 Å². The molecule has 0 radical (unpaired) electrons. The summed E-state index contributed by atoms with van der Waals surface area (Å²) in [5, 5.41) is 2.90. The van der Waals surface area contributed by atoms with Crippen LogP contribution in [0.3, 0.4) is 0 Å². The van der Waals surface area contributed by atoms with Crippen LogP contribution in [0.5, 0.6) is 0 Å². The Morgan fingerprint density at radius 1 is 1.07 bits per heavy atom. The zero-order chi connectivity index (χ0) is 20.7. The normalized spacial score (nSPS) is 17.8. The molecular formula is C21H24N2O4S. The number of carbonyl (C=O) groups is 2. The molecule has 1 aliphatic heterocycles. The summed E-state index contributed by atoms with van der Waals surface area (Å²) >= 11 is 0. The van der Waals surface area contributed by atoms with Crippen LogP contribution in [0, 0.1) is 5.41 Å². The fraction of sp³-hybridized carbons (Fsp3) is 0.333. The van der Waals surface area contributed by atoms with Gasteiger partial charge in [-0.25, -0.2) is 12.7 Å². The molecule has 0 aliphatic carbocycles. The second-order valence-electron chi connectivity index (χ2n) is 7.95. The average Bonchev–Trinajstić information content (AvgIpc) is 2.78. The van der Waals surface area contributed by atoms with Gasteiger partial charge in [-0.2, -0.15) is 0 Å². The predicted octanol–water partition coefficient (Wildman–Crippen LogP) is 3.76. The summed E-state index contributed by atoms with van der Waals surface area (Å²) in [6.07, 6.45) is 0. The molecule has 0 spiro atoms. The quantitative estimate of drug-likeness (QED) is 0.847. The largest absolute Gasteiger partial charge is 0.322 e. The van der Waals surface area contributed by atoms with Gasteiger partial charge in [0.05, 0.1) is 16.9 Å². The van der Waals surface area contributed by atoms with E-state index in [0.29, 0.717) is 5.56 Å². The second kappa shape index (κ2) is 7.05. The summed E-state index contributed by atoms with van der Waals surface area (Å²) in [6.45, 7) is 7.32. The lowest BCUT2D eigenvalue weighted by atomic mass is 9.95. The number of hydrogen-bond donors (Lipinski definition) is 1. The van der Waals surface area contributed by atoms with E-state index in [1.165, 1.54) is 24.3 Å². The number of carbonyl (C=O) groups excluding carboxylic acids is 2. The summed E-state index contributed by atoms with van der Waals surface area (Å²) in [4.78, 5) is 25.1. The van der Waals surface area contributed by atoms with Crippen molar-refractivity contribution in [3.8, 4) is 0 Å². The maximum Gasteiger partial charge on any atom is 0.255 e. The van der Waals surface area contributed by atoms with Crippen molar-refractivity contribution in [2.24, 2.45) is 5.41 Å². The van der Waals surface area contributed by atoms with E-state index in [1.807, 2.05) is 24.3 Å². The predicted molar refractivity (Wildman–Crippen MR) is 110 cm³/mol. The van der Waals surface area contributed by atoms with Gasteiger partial charge in [0.2, 0.25) is 15.9 Å². The average molecular weight is 401 g/mol. The van der Waals surface area contributed by atoms with E-state index in [-0.39, 0.29) is 23.3 Å². The standard InChI is InChI=1S/C21H24N2O4S/c1-14(2)17-7-5-6-8-18(17)22-19(24)15-9-11-16(12-10-15)23-20(25)21(3,4)13-28(23,26)27/h5-12,14H,13H2,1-4H3,(H,22,24). The number of benzene rings is 2. The van der Waals surface area contributed by atoms with Crippen LogP contribution >= 0.6 is 0 Å². The van der Waals surface area contributed by atoms with Crippen LogP contribution in [0.2, 0.25) is 0 Å². The minimum Gasteiger partial charge on any atom is -0.322 e. The first-order valence-corrected chi connectivity index (χ1v) is 10.7. The fourth-order valence-electron chi connectivity index (χ4n) is 3.32. The highest BCUT2D eigenvalue weighted by Crippen LogP contribution is 2.35. The van der Waals surface area contributed by atoms with Crippen molar-refractivity contribution in [3.05, 3.63) is 59.7 Å². The molecule has 1 N–H and O–H groups in total. The first-order chi connectivity index (χ1) is 13.0. The molecule has 0 bridgehead atoms. The van der Waals surface area contributed by atoms with E-state index >= 15 is 0 Å². The topological polar surface area (TPSA) is 83.6 Å². The van der Waals surface area contributed by atoms with Gasteiger partial charge in [-0.1, -0.05) is 32.0 Å². The second-order valence-corrected chi connectivity index (χ2v) is 9.77. The number of nitrogens with zero attached hydrogens (tertiary/aromatic N) is 1. The monoisotopic (exact) mass is 400 g/mol. The Labute approximate surface area is 165 Å². The highest BCUT2D eigenvalue weighted by molar-refractivity contribution is 7.94. The Balaban J connectivity index is 1.84. The molecule has 7 heteroatoms. The molecule has 0 aromatic heterocycles. The van der Waals surface area contributed by atoms with Gasteiger partial charge < -0.3 is 5.32 Å². The molecule has 1 saturated heterocycles. The SMILES string of the molecule is CC(C)c1ccccc1NC(=O)c1ccc(N2C(=O)C(C)(C)CS2(=O)=O)cc1. The summed E-state index contributed by atoms with van der Waals surface area (Å²) in [6, 6.07) is 13.6. The number of para-hydroxylation sites is 1. The highest BCUT2D eigenvalue weighted by atomic mass is 32.2. The van der Waals surface area contributed by atoms with Crippen LogP contribution in [-0.4, -0.2) is 26.0 Å². The van der Waals surface area contributed by atoms with E-state index < -0.39 is 21.3 Å². The van der Waals surface area contributed by atoms with Gasteiger partial charge in [0.1, 0.15) is 0 Å². The summed E-state index contributed by atoms with van der Waals surface area (Å²) in [7, 11) is -3.71. The Kier molecular flexibility index (Phi) is 5.06. The van der Waals surface area contributed by atoms with Crippen LogP contribution in [0.25, 0.3) is 0 Å². The molecule has 28 heavy (non-hydrogen) atoms. The molecule has 1 fully saturated rings. The molecule has 148 valence electrons. The Morgan fingerprint density at radius 3 is 2.21 bits per heavy atom. The molecule has 0 saturated carbocycles. The maximum absolute atomic E-state index is 12.6. The summed E-state index contributed by atoms with van der Waals surface area (Å²) < 4.78 is 25.6. The lowest BCUT2D eigenvalue weighted by Crippen LogP contribution is -2.32. The summed E-state index contributed by atoms with van der Waals surface area (Å²) in [5.74, 6) is -0.729. The van der Waals surface area contributed by atoms with Gasteiger partial charge in [-0.3, -0.25) is 9.59 Å². The molecule has 1 aliphatic rings. The lowest BCUT2D eigenvalue weighted by molar-refractivity contribution is -0.123. The number of anilines is 2. The van der Waals surface area contributed by atoms with Crippen molar-refractivity contribution < 1.29 is 18.0 Å². The molecule has 3 rings (SSSR count). The third-order valence-electron chi connectivity index (χ3n) is 4.78. The van der Waals surface area contributed by atoms with E-state index in [9.17, 15) is 18.0 Å². The minimum absolute atomic E-state index is 0.229. The molecule has 1 heterocycles. The van der Waals surface area contributed by atoms with Crippen LogP contribution < -0.4 is 9.62 Å². The Morgan fingerprint density at radius 2 is 1.68 bits per heavy atom. The maximum atomic E-state index is 12.6. The van der Waals surface area contributed by atoms with Crippen molar-refractivity contribution >= 4 is 33.2 Å². The third-order valence-corrected chi connectivity index (χ3v) is 6.80. The molecular weight excluding hydrogens is 376 g/mol. The number of nitrogens with one attached hydrogen (secondary N) is 1. The van der Waals surface area contributed by atoms with Crippen molar-refractivity contribution in [1.82, 2.24) is 0 Å². The molecule has 2 aromatic carbocycles. The first-order valence-electron chi connectivity index (χ1n) is 9.11. The number of hydrogen-bond acceptors (Lipinski definition) is 4. The zero-order valence-corrected chi connectivity index (χ0v) is 17.2. The third kappa shape index (κ3) is 3.67. The minimum atomic E-state index is -3.71.